The summed E-state index contributed by atoms with van der Waals surface area (Å²) in [5.74, 6) is 0. The molecule has 1 aromatic rings. The third-order valence-electron chi connectivity index (χ3n) is 1.60. The van der Waals surface area contributed by atoms with Crippen LogP contribution in [0, 0.1) is 0 Å². The monoisotopic (exact) mass is 313 g/mol. The lowest BCUT2D eigenvalue weighted by molar-refractivity contribution is 0.116. The third-order valence-corrected chi connectivity index (χ3v) is 3.48. The molecule has 0 amide bonds. The van der Waals surface area contributed by atoms with Crippen LogP contribution in [0.3, 0.4) is 0 Å². The summed E-state index contributed by atoms with van der Waals surface area (Å²) in [6.45, 7) is 0. The summed E-state index contributed by atoms with van der Waals surface area (Å²) in [4.78, 5) is 0. The first-order valence-corrected chi connectivity index (χ1v) is 5.09. The molecular weight excluding hydrogens is 308 g/mol. The van der Waals surface area contributed by atoms with Gasteiger partial charge >= 0.3 is 0 Å². The lowest BCUT2D eigenvalue weighted by Gasteiger charge is -2.11. The molecule has 0 aliphatic heterocycles. The Labute approximate surface area is 91.6 Å². The first-order valence-electron chi connectivity index (χ1n) is 3.51. The van der Waals surface area contributed by atoms with E-state index in [1.54, 1.807) is 18.2 Å². The van der Waals surface area contributed by atoms with Crippen LogP contribution >= 0.6 is 31.9 Å². The van der Waals surface area contributed by atoms with E-state index in [0.29, 0.717) is 5.56 Å². The highest BCUT2D eigenvalue weighted by molar-refractivity contribution is 9.13. The molecule has 1 rings (SSSR count). The zero-order chi connectivity index (χ0) is 10.0. The van der Waals surface area contributed by atoms with Crippen molar-refractivity contribution in [1.82, 2.24) is 0 Å². The lowest BCUT2D eigenvalue weighted by atomic mass is 10.1. The Morgan fingerprint density at radius 2 is 1.77 bits per heavy atom. The van der Waals surface area contributed by atoms with Crippen molar-refractivity contribution < 1.29 is 8.78 Å². The van der Waals surface area contributed by atoms with Crippen molar-refractivity contribution >= 4 is 31.9 Å². The van der Waals surface area contributed by atoms with Gasteiger partial charge in [-0.05, 0) is 49.6 Å². The minimum Gasteiger partial charge on any atom is -0.319 e. The molecule has 0 bridgehead atoms. The van der Waals surface area contributed by atoms with E-state index in [9.17, 15) is 8.78 Å². The molecule has 0 aromatic heterocycles. The van der Waals surface area contributed by atoms with Crippen molar-refractivity contribution in [2.75, 3.05) is 0 Å². The summed E-state index contributed by atoms with van der Waals surface area (Å²) >= 11 is 6.46. The van der Waals surface area contributed by atoms with Crippen LogP contribution in [0.2, 0.25) is 0 Å². The Morgan fingerprint density at radius 1 is 1.15 bits per heavy atom. The predicted octanol–water partition coefficient (Wildman–Crippen LogP) is 3.48. The molecule has 2 N–H and O–H groups in total. The molecule has 0 saturated carbocycles. The highest BCUT2D eigenvalue weighted by Gasteiger charge is 2.17. The SMILES string of the molecule is N[C@@H](c1ccc(Br)c(Br)c1)C(F)F. The summed E-state index contributed by atoms with van der Waals surface area (Å²) in [5.41, 5.74) is 5.69. The van der Waals surface area contributed by atoms with Crippen LogP contribution in [0.1, 0.15) is 11.6 Å². The predicted molar refractivity (Wildman–Crippen MR) is 54.8 cm³/mol. The first-order chi connectivity index (χ1) is 6.02. The average Bonchev–Trinajstić information content (AvgIpc) is 2.08. The number of halogens is 4. The number of rotatable bonds is 2. The van der Waals surface area contributed by atoms with E-state index in [-0.39, 0.29) is 0 Å². The normalized spacial score (nSPS) is 13.4. The Kier molecular flexibility index (Phi) is 3.82. The van der Waals surface area contributed by atoms with Crippen LogP contribution < -0.4 is 5.73 Å². The fourth-order valence-corrected chi connectivity index (χ4v) is 1.51. The smallest absolute Gasteiger partial charge is 0.257 e. The average molecular weight is 315 g/mol. The molecule has 13 heavy (non-hydrogen) atoms. The number of hydrogen-bond donors (Lipinski definition) is 1. The maximum Gasteiger partial charge on any atom is 0.257 e. The van der Waals surface area contributed by atoms with E-state index in [2.05, 4.69) is 31.9 Å². The topological polar surface area (TPSA) is 26.0 Å². The van der Waals surface area contributed by atoms with Crippen LogP contribution in [0.5, 0.6) is 0 Å². The Hall–Kier alpha value is -0.000000000000000111. The third kappa shape index (κ3) is 2.72. The Balaban J connectivity index is 2.97. The molecule has 0 unspecified atom stereocenters. The Morgan fingerprint density at radius 3 is 2.23 bits per heavy atom. The standard InChI is InChI=1S/C8H7Br2F2N/c9-5-2-1-4(3-6(5)10)7(13)8(11)12/h1-3,7-8H,13H2/t7-/m0/s1. The molecule has 1 atom stereocenters. The maximum absolute atomic E-state index is 12.2. The van der Waals surface area contributed by atoms with Gasteiger partial charge in [0.15, 0.2) is 0 Å². The molecule has 0 aliphatic carbocycles. The molecular formula is C8H7Br2F2N. The van der Waals surface area contributed by atoms with Gasteiger partial charge in [0.05, 0.1) is 6.04 Å². The van der Waals surface area contributed by atoms with Gasteiger partial charge in [-0.3, -0.25) is 0 Å². The Bertz CT molecular complexity index is 304. The number of alkyl halides is 2. The highest BCUT2D eigenvalue weighted by atomic mass is 79.9. The van der Waals surface area contributed by atoms with Gasteiger partial charge in [-0.15, -0.1) is 0 Å². The van der Waals surface area contributed by atoms with Crippen molar-refractivity contribution in [1.29, 1.82) is 0 Å². The summed E-state index contributed by atoms with van der Waals surface area (Å²) in [7, 11) is 0. The molecule has 1 aromatic carbocycles. The van der Waals surface area contributed by atoms with Crippen molar-refractivity contribution in [2.24, 2.45) is 5.73 Å². The second kappa shape index (κ2) is 4.48. The molecule has 0 aliphatic rings. The van der Waals surface area contributed by atoms with Crippen molar-refractivity contribution in [3.05, 3.63) is 32.7 Å². The number of nitrogens with two attached hydrogens (primary N) is 1. The zero-order valence-corrected chi connectivity index (χ0v) is 9.65. The van der Waals surface area contributed by atoms with Crippen LogP contribution in [-0.4, -0.2) is 6.43 Å². The van der Waals surface area contributed by atoms with E-state index < -0.39 is 12.5 Å². The molecule has 72 valence electrons. The highest BCUT2D eigenvalue weighted by Crippen LogP contribution is 2.27. The van der Waals surface area contributed by atoms with Gasteiger partial charge in [0.25, 0.3) is 6.43 Å². The van der Waals surface area contributed by atoms with Crippen LogP contribution in [0.25, 0.3) is 0 Å². The zero-order valence-electron chi connectivity index (χ0n) is 6.48. The first kappa shape index (κ1) is 11.1. The summed E-state index contributed by atoms with van der Waals surface area (Å²) in [6, 6.07) is 3.62. The quantitative estimate of drug-likeness (QED) is 0.888. The molecule has 0 saturated heterocycles. The van der Waals surface area contributed by atoms with Gasteiger partial charge in [0, 0.05) is 8.95 Å². The number of hydrogen-bond acceptors (Lipinski definition) is 1. The van der Waals surface area contributed by atoms with Gasteiger partial charge < -0.3 is 5.73 Å². The maximum atomic E-state index is 12.2. The van der Waals surface area contributed by atoms with Crippen molar-refractivity contribution in [3.8, 4) is 0 Å². The molecule has 1 nitrogen and oxygen atoms in total. The molecule has 0 fully saturated rings. The van der Waals surface area contributed by atoms with Crippen molar-refractivity contribution in [3.63, 3.8) is 0 Å². The second-order valence-corrected chi connectivity index (χ2v) is 4.24. The van der Waals surface area contributed by atoms with E-state index in [1.165, 1.54) is 0 Å². The van der Waals surface area contributed by atoms with Crippen LogP contribution in [0.15, 0.2) is 27.1 Å². The summed E-state index contributed by atoms with van der Waals surface area (Å²) in [5, 5.41) is 0. The fourth-order valence-electron chi connectivity index (χ4n) is 0.865. The number of benzene rings is 1. The summed E-state index contributed by atoms with van der Waals surface area (Å²) < 4.78 is 25.9. The molecule has 0 radical (unpaired) electrons. The molecule has 5 heteroatoms. The van der Waals surface area contributed by atoms with Gasteiger partial charge in [-0.2, -0.15) is 0 Å². The molecule has 0 heterocycles. The lowest BCUT2D eigenvalue weighted by Crippen LogP contribution is -2.18. The van der Waals surface area contributed by atoms with E-state index in [1.807, 2.05) is 0 Å². The van der Waals surface area contributed by atoms with Gasteiger partial charge in [0.2, 0.25) is 0 Å². The second-order valence-electron chi connectivity index (χ2n) is 2.53. The van der Waals surface area contributed by atoms with Crippen LogP contribution in [0.4, 0.5) is 8.78 Å². The largest absolute Gasteiger partial charge is 0.319 e. The summed E-state index contributed by atoms with van der Waals surface area (Å²) in [6.07, 6.45) is -2.53. The van der Waals surface area contributed by atoms with E-state index >= 15 is 0 Å². The van der Waals surface area contributed by atoms with Gasteiger partial charge in [-0.1, -0.05) is 6.07 Å². The van der Waals surface area contributed by atoms with E-state index in [0.717, 1.165) is 8.95 Å². The minimum absolute atomic E-state index is 0.421. The van der Waals surface area contributed by atoms with Gasteiger partial charge in [-0.25, -0.2) is 8.78 Å². The minimum atomic E-state index is -2.53. The molecule has 0 spiro atoms. The van der Waals surface area contributed by atoms with Crippen LogP contribution in [-0.2, 0) is 0 Å². The fraction of sp³-hybridized carbons (Fsp3) is 0.250. The van der Waals surface area contributed by atoms with Gasteiger partial charge in [0.1, 0.15) is 0 Å². The van der Waals surface area contributed by atoms with E-state index in [4.69, 9.17) is 5.73 Å². The van der Waals surface area contributed by atoms with Crippen molar-refractivity contribution in [2.45, 2.75) is 12.5 Å².